The Morgan fingerprint density at radius 1 is 0.351 bits per heavy atom. The highest BCUT2D eigenvalue weighted by Crippen LogP contribution is 2.46. The second kappa shape index (κ2) is 29.9. The molecule has 0 bridgehead atoms. The van der Waals surface area contributed by atoms with E-state index in [-0.39, 0.29) is 5.41 Å². The van der Waals surface area contributed by atoms with Crippen LogP contribution in [-0.2, 0) is 22.8 Å². The number of hydrogen-bond acceptors (Lipinski definition) is 9. The van der Waals surface area contributed by atoms with Gasteiger partial charge in [-0.2, -0.15) is 0 Å². The zero-order valence-electron chi connectivity index (χ0n) is 43.9. The second-order valence-corrected chi connectivity index (χ2v) is 22.0. The summed E-state index contributed by atoms with van der Waals surface area (Å²) in [6.07, 6.45) is 2.12. The number of rotatable bonds is 21. The molecule has 9 nitrogen and oxygen atoms in total. The van der Waals surface area contributed by atoms with Crippen molar-refractivity contribution in [3.63, 3.8) is 0 Å². The summed E-state index contributed by atoms with van der Waals surface area (Å²) in [4.78, 5) is 0. The van der Waals surface area contributed by atoms with Crippen LogP contribution in [-0.4, -0.2) is 7.11 Å². The molecule has 12 heteroatoms. The van der Waals surface area contributed by atoms with Crippen LogP contribution in [0.15, 0.2) is 218 Å². The van der Waals surface area contributed by atoms with Gasteiger partial charge in [-0.15, -0.1) is 0 Å². The fraction of sp³-hybridized carbons (Fsp3) is 0.226. The molecule has 0 heterocycles. The van der Waals surface area contributed by atoms with E-state index in [9.17, 15) is 0 Å². The van der Waals surface area contributed by atoms with Crippen LogP contribution in [0.4, 0.5) is 0 Å². The standard InChI is InChI=1S/C25H37O3P.C19H17O3P.C18H15O3P/c1-18(2)15-20-9-12-22(13-10-20)27-29(26-8)28-24-14-11-21(16-19(3)4)17-23(24)25(5,6)7;1-16-10-8-9-15-19(16)22-23(20-17-11-4-2-5-12-17)21-18-13-6-3-7-14-18;1-4-10-16(11-5-1)19-22(20-17-12-6-2-7-13-17)21-18-14-8-3-9-15-18/h9-14,17-19H,15-16H2,1-8H3;2-15H,1H3;1-15H. The van der Waals surface area contributed by atoms with Crippen LogP contribution in [0, 0.1) is 18.8 Å². The molecule has 0 aliphatic heterocycles. The van der Waals surface area contributed by atoms with Crippen molar-refractivity contribution >= 4 is 25.8 Å². The molecule has 0 aliphatic carbocycles. The lowest BCUT2D eigenvalue weighted by atomic mass is 9.84. The molecule has 8 aromatic rings. The van der Waals surface area contributed by atoms with Crippen molar-refractivity contribution in [3.8, 4) is 46.0 Å². The van der Waals surface area contributed by atoms with Crippen molar-refractivity contribution in [3.05, 3.63) is 241 Å². The van der Waals surface area contributed by atoms with Gasteiger partial charge in [-0.3, -0.25) is 4.52 Å². The molecule has 0 spiro atoms. The molecule has 8 aromatic carbocycles. The fourth-order valence-corrected chi connectivity index (χ4v) is 9.80. The van der Waals surface area contributed by atoms with Crippen LogP contribution < -0.4 is 36.2 Å². The van der Waals surface area contributed by atoms with E-state index in [0.717, 1.165) is 35.7 Å². The average Bonchev–Trinajstić information content (AvgIpc) is 3.39. The maximum absolute atomic E-state index is 6.20. The third-order valence-electron chi connectivity index (χ3n) is 10.4. The first kappa shape index (κ1) is 56.7. The van der Waals surface area contributed by atoms with Crippen molar-refractivity contribution in [2.24, 2.45) is 11.8 Å². The lowest BCUT2D eigenvalue weighted by molar-refractivity contribution is 0.320. The zero-order chi connectivity index (χ0) is 52.5. The monoisotopic (exact) mass is 1050 g/mol. The summed E-state index contributed by atoms with van der Waals surface area (Å²) in [5.74, 6) is 7.15. The van der Waals surface area contributed by atoms with Crippen LogP contribution in [0.3, 0.4) is 0 Å². The maximum atomic E-state index is 6.20. The van der Waals surface area contributed by atoms with Crippen LogP contribution in [0.1, 0.15) is 70.7 Å². The number of para-hydroxylation sites is 6. The normalized spacial score (nSPS) is 11.4. The number of benzene rings is 8. The summed E-state index contributed by atoms with van der Waals surface area (Å²) < 4.78 is 53.0. The molecule has 0 aromatic heterocycles. The maximum Gasteiger partial charge on any atom is 0.530 e. The van der Waals surface area contributed by atoms with E-state index in [1.165, 1.54) is 16.7 Å². The Morgan fingerprint density at radius 2 is 0.676 bits per heavy atom. The van der Waals surface area contributed by atoms with Crippen molar-refractivity contribution in [2.45, 2.75) is 73.6 Å². The molecule has 0 N–H and O–H groups in total. The summed E-state index contributed by atoms with van der Waals surface area (Å²) in [7, 11) is -3.09. The molecular formula is C62H69O9P3. The van der Waals surface area contributed by atoms with Crippen LogP contribution in [0.5, 0.6) is 46.0 Å². The Kier molecular flexibility index (Phi) is 22.9. The molecule has 0 radical (unpaired) electrons. The quantitative estimate of drug-likeness (QED) is 0.0654. The molecule has 1 unspecified atom stereocenters. The number of hydrogen-bond donors (Lipinski definition) is 0. The number of aryl methyl sites for hydroxylation is 1. The summed E-state index contributed by atoms with van der Waals surface area (Å²) in [5.41, 5.74) is 4.83. The van der Waals surface area contributed by atoms with E-state index in [1.54, 1.807) is 7.11 Å². The van der Waals surface area contributed by atoms with Gasteiger partial charge in [0.05, 0.1) is 0 Å². The Balaban J connectivity index is 0.000000183. The van der Waals surface area contributed by atoms with E-state index in [2.05, 4.69) is 78.8 Å². The highest BCUT2D eigenvalue weighted by atomic mass is 31.2. The third kappa shape index (κ3) is 20.4. The third-order valence-corrected chi connectivity index (χ3v) is 13.6. The van der Waals surface area contributed by atoms with E-state index in [0.29, 0.717) is 40.6 Å². The first-order valence-electron chi connectivity index (χ1n) is 24.7. The van der Waals surface area contributed by atoms with Crippen LogP contribution in [0.25, 0.3) is 0 Å². The van der Waals surface area contributed by atoms with Gasteiger partial charge in [-0.25, -0.2) is 0 Å². The minimum absolute atomic E-state index is 0.0322. The Labute approximate surface area is 443 Å². The van der Waals surface area contributed by atoms with E-state index in [4.69, 9.17) is 40.7 Å². The topological polar surface area (TPSA) is 83.1 Å². The van der Waals surface area contributed by atoms with Gasteiger partial charge in [-0.1, -0.05) is 182 Å². The first-order valence-corrected chi connectivity index (χ1v) is 28.0. The molecule has 0 fully saturated rings. The Bertz CT molecular complexity index is 2640. The van der Waals surface area contributed by atoms with Crippen molar-refractivity contribution in [1.82, 2.24) is 0 Å². The summed E-state index contributed by atoms with van der Waals surface area (Å²) >= 11 is 0. The van der Waals surface area contributed by atoms with Crippen LogP contribution in [0.2, 0.25) is 0 Å². The largest absolute Gasteiger partial charge is 0.530 e. The summed E-state index contributed by atoms with van der Waals surface area (Å²) in [5, 5.41) is 0. The fourth-order valence-electron chi connectivity index (χ4n) is 6.95. The van der Waals surface area contributed by atoms with Gasteiger partial charge in [-0.05, 0) is 139 Å². The van der Waals surface area contributed by atoms with Gasteiger partial charge in [0.15, 0.2) is 0 Å². The molecule has 0 saturated carbocycles. The van der Waals surface area contributed by atoms with Crippen molar-refractivity contribution in [1.29, 1.82) is 0 Å². The molecular weight excluding hydrogens is 982 g/mol. The SMILES string of the molecule is COP(Oc1ccc(CC(C)C)cc1)Oc1ccc(CC(C)C)cc1C(C)(C)C.Cc1ccccc1OP(Oc1ccccc1)Oc1ccccc1.c1ccc(OP(Oc2ccccc2)Oc2ccccc2)cc1. The highest BCUT2D eigenvalue weighted by Gasteiger charge is 2.25. The second-order valence-electron chi connectivity index (χ2n) is 18.8. The lowest BCUT2D eigenvalue weighted by Gasteiger charge is -2.25. The summed E-state index contributed by atoms with van der Waals surface area (Å²) in [6, 6.07) is 70.1. The van der Waals surface area contributed by atoms with E-state index in [1.807, 2.05) is 195 Å². The summed E-state index contributed by atoms with van der Waals surface area (Å²) in [6.45, 7) is 17.5. The molecule has 0 aliphatic rings. The molecule has 0 saturated heterocycles. The van der Waals surface area contributed by atoms with Gasteiger partial charge in [0.1, 0.15) is 46.0 Å². The molecule has 386 valence electrons. The van der Waals surface area contributed by atoms with Crippen LogP contribution >= 0.6 is 25.8 Å². The molecule has 8 rings (SSSR count). The minimum atomic E-state index is -1.61. The van der Waals surface area contributed by atoms with E-state index < -0.39 is 25.8 Å². The zero-order valence-corrected chi connectivity index (χ0v) is 46.6. The van der Waals surface area contributed by atoms with Gasteiger partial charge < -0.3 is 36.2 Å². The smallest absolute Gasteiger partial charge is 0.418 e. The van der Waals surface area contributed by atoms with Gasteiger partial charge in [0.25, 0.3) is 0 Å². The highest BCUT2D eigenvalue weighted by molar-refractivity contribution is 7.43. The Morgan fingerprint density at radius 3 is 1.05 bits per heavy atom. The van der Waals surface area contributed by atoms with Gasteiger partial charge >= 0.3 is 25.8 Å². The lowest BCUT2D eigenvalue weighted by Crippen LogP contribution is -2.14. The van der Waals surface area contributed by atoms with E-state index >= 15 is 0 Å². The first-order chi connectivity index (χ1) is 35.8. The predicted molar refractivity (Wildman–Crippen MR) is 305 cm³/mol. The van der Waals surface area contributed by atoms with Crippen molar-refractivity contribution in [2.75, 3.05) is 7.11 Å². The average molecular weight is 1050 g/mol. The van der Waals surface area contributed by atoms with Gasteiger partial charge in [0, 0.05) is 12.7 Å². The minimum Gasteiger partial charge on any atom is -0.418 e. The molecule has 74 heavy (non-hydrogen) atoms. The van der Waals surface area contributed by atoms with Crippen molar-refractivity contribution < 1.29 is 40.7 Å². The molecule has 1 atom stereocenters. The molecule has 0 amide bonds. The van der Waals surface area contributed by atoms with Gasteiger partial charge in [0.2, 0.25) is 0 Å². The Hall–Kier alpha value is -6.59. The predicted octanol–water partition coefficient (Wildman–Crippen LogP) is 18.9.